The van der Waals surface area contributed by atoms with Gasteiger partial charge in [-0.3, -0.25) is 9.59 Å². The van der Waals surface area contributed by atoms with Gasteiger partial charge in [0.15, 0.2) is 5.79 Å². The Kier molecular flexibility index (Phi) is 7.79. The maximum atomic E-state index is 12.5. The molecule has 7 nitrogen and oxygen atoms in total. The fraction of sp³-hybridized carbons (Fsp3) is 0.417. The van der Waals surface area contributed by atoms with E-state index in [0.29, 0.717) is 24.3 Å². The smallest absolute Gasteiger partial charge is 0.251 e. The normalized spacial score (nSPS) is 20.9. The summed E-state index contributed by atoms with van der Waals surface area (Å²) in [5, 5.41) is 5.81. The van der Waals surface area contributed by atoms with Crippen LogP contribution in [0.2, 0.25) is 0 Å². The number of rotatable bonds is 6. The van der Waals surface area contributed by atoms with E-state index in [1.54, 1.807) is 24.3 Å². The van der Waals surface area contributed by atoms with Gasteiger partial charge in [-0.1, -0.05) is 35.9 Å². The molecule has 3 rings (SSSR count). The summed E-state index contributed by atoms with van der Waals surface area (Å²) >= 11 is 0. The number of carbonyl (C=O) groups excluding carboxylic acids is 2. The summed E-state index contributed by atoms with van der Waals surface area (Å²) in [5.41, 5.74) is 2.23. The molecule has 2 amide bonds. The molecule has 1 saturated heterocycles. The lowest BCUT2D eigenvalue weighted by Gasteiger charge is -2.37. The first-order chi connectivity index (χ1) is 14.8. The molecule has 31 heavy (non-hydrogen) atoms. The third-order valence-electron chi connectivity index (χ3n) is 4.99. The molecular weight excluding hydrogens is 396 g/mol. The Balaban J connectivity index is 1.65. The van der Waals surface area contributed by atoms with Gasteiger partial charge in [0.1, 0.15) is 12.2 Å². The molecule has 2 aromatic carbocycles. The van der Waals surface area contributed by atoms with Gasteiger partial charge in [0, 0.05) is 24.2 Å². The molecule has 0 aromatic heterocycles. The average molecular weight is 427 g/mol. The first-order valence-electron chi connectivity index (χ1n) is 10.5. The molecule has 0 unspecified atom stereocenters. The van der Waals surface area contributed by atoms with Crippen molar-refractivity contribution < 1.29 is 23.8 Å². The summed E-state index contributed by atoms with van der Waals surface area (Å²) < 4.78 is 17.7. The van der Waals surface area contributed by atoms with Crippen LogP contribution >= 0.6 is 0 Å². The topological polar surface area (TPSA) is 85.9 Å². The zero-order valence-electron chi connectivity index (χ0n) is 18.2. The van der Waals surface area contributed by atoms with E-state index in [9.17, 15) is 9.59 Å². The molecule has 1 heterocycles. The van der Waals surface area contributed by atoms with Gasteiger partial charge in [-0.2, -0.15) is 0 Å². The Hall–Kier alpha value is -2.74. The summed E-state index contributed by atoms with van der Waals surface area (Å²) in [6, 6.07) is 16.3. The van der Waals surface area contributed by atoms with Crippen LogP contribution in [0, 0.1) is 6.92 Å². The van der Waals surface area contributed by atoms with Crippen LogP contribution in [-0.4, -0.2) is 56.1 Å². The number of aryl methyl sites for hydroxylation is 1. The van der Waals surface area contributed by atoms with Gasteiger partial charge in [-0.25, -0.2) is 0 Å². The number of hydrogen-bond donors (Lipinski definition) is 2. The van der Waals surface area contributed by atoms with Crippen LogP contribution in [0.25, 0.3) is 0 Å². The van der Waals surface area contributed by atoms with E-state index >= 15 is 0 Å². The number of hydrogen-bond acceptors (Lipinski definition) is 5. The predicted octanol–water partition coefficient (Wildman–Crippen LogP) is 2.69. The molecule has 2 N–H and O–H groups in total. The quantitative estimate of drug-likeness (QED) is 0.742. The Labute approximate surface area is 183 Å². The van der Waals surface area contributed by atoms with Gasteiger partial charge in [0.25, 0.3) is 11.8 Å². The lowest BCUT2D eigenvalue weighted by molar-refractivity contribution is -0.277. The van der Waals surface area contributed by atoms with Crippen molar-refractivity contribution in [2.75, 3.05) is 26.3 Å². The van der Waals surface area contributed by atoms with Crippen molar-refractivity contribution in [2.24, 2.45) is 0 Å². The summed E-state index contributed by atoms with van der Waals surface area (Å²) in [6.45, 7) is 6.82. The lowest BCUT2D eigenvalue weighted by atomic mass is 10.1. The summed E-state index contributed by atoms with van der Waals surface area (Å²) in [7, 11) is 0. The first kappa shape index (κ1) is 22.9. The van der Waals surface area contributed by atoms with Crippen molar-refractivity contribution in [1.82, 2.24) is 10.6 Å². The summed E-state index contributed by atoms with van der Waals surface area (Å²) in [6.07, 6.45) is -0.963. The van der Waals surface area contributed by atoms with Crippen LogP contribution in [0.3, 0.4) is 0 Å². The average Bonchev–Trinajstić information content (AvgIpc) is 2.75. The molecule has 0 bridgehead atoms. The van der Waals surface area contributed by atoms with Crippen molar-refractivity contribution in [3.63, 3.8) is 0 Å². The summed E-state index contributed by atoms with van der Waals surface area (Å²) in [4.78, 5) is 25.0. The van der Waals surface area contributed by atoms with Crippen LogP contribution in [0.15, 0.2) is 54.6 Å². The SMILES string of the molecule is Cc1ccc(C(=O)NC[C@H]2OCCOC(C)(C)O[C@H]2CNC(=O)c2ccccc2)cc1. The molecule has 0 radical (unpaired) electrons. The Morgan fingerprint density at radius 1 is 0.871 bits per heavy atom. The number of ether oxygens (including phenoxy) is 3. The summed E-state index contributed by atoms with van der Waals surface area (Å²) in [5.74, 6) is -1.23. The van der Waals surface area contributed by atoms with E-state index in [-0.39, 0.29) is 24.9 Å². The van der Waals surface area contributed by atoms with Crippen LogP contribution in [0.4, 0.5) is 0 Å². The monoisotopic (exact) mass is 426 g/mol. The molecule has 2 aromatic rings. The van der Waals surface area contributed by atoms with Crippen molar-refractivity contribution >= 4 is 11.8 Å². The molecule has 1 aliphatic rings. The maximum absolute atomic E-state index is 12.5. The molecule has 1 fully saturated rings. The minimum atomic E-state index is -0.842. The van der Waals surface area contributed by atoms with Gasteiger partial charge in [0.05, 0.1) is 13.2 Å². The zero-order chi connectivity index (χ0) is 22.3. The Bertz CT molecular complexity index is 867. The number of amides is 2. The fourth-order valence-electron chi connectivity index (χ4n) is 3.32. The van der Waals surface area contributed by atoms with Crippen LogP contribution in [0.5, 0.6) is 0 Å². The second-order valence-corrected chi connectivity index (χ2v) is 7.97. The van der Waals surface area contributed by atoms with Gasteiger partial charge in [0.2, 0.25) is 0 Å². The highest BCUT2D eigenvalue weighted by Crippen LogP contribution is 2.20. The molecule has 0 spiro atoms. The van der Waals surface area contributed by atoms with E-state index < -0.39 is 18.0 Å². The van der Waals surface area contributed by atoms with Crippen molar-refractivity contribution in [3.8, 4) is 0 Å². The maximum Gasteiger partial charge on any atom is 0.251 e. The number of carbonyl (C=O) groups is 2. The molecule has 7 heteroatoms. The van der Waals surface area contributed by atoms with Crippen molar-refractivity contribution in [3.05, 3.63) is 71.3 Å². The molecular formula is C24H30N2O5. The predicted molar refractivity (Wildman–Crippen MR) is 117 cm³/mol. The third-order valence-corrected chi connectivity index (χ3v) is 4.99. The molecule has 166 valence electrons. The van der Waals surface area contributed by atoms with E-state index in [1.807, 2.05) is 51.1 Å². The highest BCUT2D eigenvalue weighted by atomic mass is 16.7. The second-order valence-electron chi connectivity index (χ2n) is 7.97. The van der Waals surface area contributed by atoms with Gasteiger partial charge in [-0.05, 0) is 45.0 Å². The van der Waals surface area contributed by atoms with E-state index in [0.717, 1.165) is 5.56 Å². The minimum absolute atomic E-state index is 0.187. The number of benzene rings is 2. The second kappa shape index (κ2) is 10.5. The zero-order valence-corrected chi connectivity index (χ0v) is 18.2. The Morgan fingerprint density at radius 3 is 2.10 bits per heavy atom. The van der Waals surface area contributed by atoms with Crippen LogP contribution in [-0.2, 0) is 14.2 Å². The minimum Gasteiger partial charge on any atom is -0.371 e. The molecule has 0 saturated carbocycles. The fourth-order valence-corrected chi connectivity index (χ4v) is 3.32. The van der Waals surface area contributed by atoms with Gasteiger partial charge >= 0.3 is 0 Å². The van der Waals surface area contributed by atoms with Crippen LogP contribution in [0.1, 0.15) is 40.1 Å². The molecule has 1 aliphatic heterocycles. The standard InChI is InChI=1S/C24H30N2O5/c1-17-9-11-19(12-10-17)23(28)25-15-20-21(31-24(2,3)30-14-13-29-20)16-26-22(27)18-7-5-4-6-8-18/h4-12,20-21H,13-16H2,1-3H3,(H,25,28)(H,26,27)/t20-,21+/m1/s1. The van der Waals surface area contributed by atoms with Crippen molar-refractivity contribution in [2.45, 2.75) is 38.8 Å². The number of nitrogens with one attached hydrogen (secondary N) is 2. The molecule has 0 aliphatic carbocycles. The lowest BCUT2D eigenvalue weighted by Crippen LogP contribution is -2.52. The first-order valence-corrected chi connectivity index (χ1v) is 10.5. The largest absolute Gasteiger partial charge is 0.371 e. The Morgan fingerprint density at radius 2 is 1.45 bits per heavy atom. The van der Waals surface area contributed by atoms with E-state index in [4.69, 9.17) is 14.2 Å². The highest BCUT2D eigenvalue weighted by molar-refractivity contribution is 5.94. The van der Waals surface area contributed by atoms with Gasteiger partial charge in [-0.15, -0.1) is 0 Å². The van der Waals surface area contributed by atoms with E-state index in [1.165, 1.54) is 0 Å². The van der Waals surface area contributed by atoms with E-state index in [2.05, 4.69) is 10.6 Å². The van der Waals surface area contributed by atoms with Gasteiger partial charge < -0.3 is 24.8 Å². The molecule has 2 atom stereocenters. The highest BCUT2D eigenvalue weighted by Gasteiger charge is 2.33. The van der Waals surface area contributed by atoms with Crippen molar-refractivity contribution in [1.29, 1.82) is 0 Å². The third kappa shape index (κ3) is 6.89. The van der Waals surface area contributed by atoms with Crippen LogP contribution < -0.4 is 10.6 Å².